The standard InChI is InChI=1S/C35H40F3N5O5/c1-47-20-24-16-43(18-30(24)28-8-5-25(35(36,37)38)13-32(28)41-11-9-23(10-12-41)34(45)46)33(44)31-19-42(26-14-39-21-40-15-26)17-29(31)22-3-6-27(48-2)7-4-22/h3-8,13-15,21,23-24,29-31H,9-12,16-20H2,1-2H3,(H,45,46)/t24-,29+,30+,31-/m1/s1. The first-order valence-corrected chi connectivity index (χ1v) is 16.2. The van der Waals surface area contributed by atoms with Crippen molar-refractivity contribution in [1.29, 1.82) is 0 Å². The molecule has 4 atom stereocenters. The molecule has 1 N–H and O–H groups in total. The SMILES string of the molecule is COC[C@H]1CN(C(=O)[C@@H]2CN(c3cncnc3)C[C@H]2c2ccc(OC)cc2)C[C@@H]1c1ccc(C(F)(F)F)cc1N1CCC(C(=O)O)CC1. The summed E-state index contributed by atoms with van der Waals surface area (Å²) in [7, 11) is 3.19. The number of anilines is 2. The maximum atomic E-state index is 14.5. The smallest absolute Gasteiger partial charge is 0.416 e. The van der Waals surface area contributed by atoms with E-state index in [1.807, 2.05) is 34.1 Å². The van der Waals surface area contributed by atoms with Crippen LogP contribution in [-0.2, 0) is 20.5 Å². The van der Waals surface area contributed by atoms with Crippen LogP contribution in [0.5, 0.6) is 5.75 Å². The van der Waals surface area contributed by atoms with Crippen molar-refractivity contribution < 1.29 is 37.3 Å². The fourth-order valence-corrected chi connectivity index (χ4v) is 7.60. The van der Waals surface area contributed by atoms with Crippen LogP contribution in [0.15, 0.2) is 61.2 Å². The van der Waals surface area contributed by atoms with E-state index in [4.69, 9.17) is 9.47 Å². The van der Waals surface area contributed by atoms with Crippen molar-refractivity contribution in [3.63, 3.8) is 0 Å². The van der Waals surface area contributed by atoms with Crippen molar-refractivity contribution in [2.24, 2.45) is 17.8 Å². The minimum Gasteiger partial charge on any atom is -0.497 e. The number of amides is 1. The number of hydrogen-bond acceptors (Lipinski definition) is 8. The van der Waals surface area contributed by atoms with Gasteiger partial charge < -0.3 is 29.3 Å². The number of carboxylic acid groups (broad SMARTS) is 1. The summed E-state index contributed by atoms with van der Waals surface area (Å²) in [6, 6.07) is 11.6. The van der Waals surface area contributed by atoms with Crippen LogP contribution in [0.25, 0.3) is 0 Å². The van der Waals surface area contributed by atoms with Gasteiger partial charge in [0.15, 0.2) is 0 Å². The van der Waals surface area contributed by atoms with Gasteiger partial charge in [-0.1, -0.05) is 18.2 Å². The van der Waals surface area contributed by atoms with Crippen molar-refractivity contribution in [2.75, 3.05) is 69.9 Å². The first-order valence-electron chi connectivity index (χ1n) is 16.2. The highest BCUT2D eigenvalue weighted by atomic mass is 19.4. The normalized spacial score (nSPS) is 23.5. The van der Waals surface area contributed by atoms with Gasteiger partial charge >= 0.3 is 12.1 Å². The molecule has 3 aromatic rings. The molecule has 13 heteroatoms. The molecule has 1 aromatic heterocycles. The maximum absolute atomic E-state index is 14.5. The van der Waals surface area contributed by atoms with E-state index in [9.17, 15) is 27.9 Å². The quantitative estimate of drug-likeness (QED) is 0.341. The summed E-state index contributed by atoms with van der Waals surface area (Å²) in [6.07, 6.45) is 1.09. The third kappa shape index (κ3) is 6.92. The molecular formula is C35H40F3N5O5. The second-order valence-corrected chi connectivity index (χ2v) is 12.9. The predicted octanol–water partition coefficient (Wildman–Crippen LogP) is 4.91. The highest BCUT2D eigenvalue weighted by molar-refractivity contribution is 5.82. The van der Waals surface area contributed by atoms with Crippen molar-refractivity contribution in [3.05, 3.63) is 77.9 Å². The Morgan fingerprint density at radius 3 is 2.25 bits per heavy atom. The molecule has 4 heterocycles. The number of nitrogens with zero attached hydrogens (tertiary/aromatic N) is 5. The molecule has 0 unspecified atom stereocenters. The molecule has 48 heavy (non-hydrogen) atoms. The number of aliphatic carboxylic acids is 1. The lowest BCUT2D eigenvalue weighted by molar-refractivity contribution is -0.142. The van der Waals surface area contributed by atoms with Gasteiger partial charge in [-0.05, 0) is 48.2 Å². The molecule has 3 fully saturated rings. The second kappa shape index (κ2) is 14.0. The Kier molecular flexibility index (Phi) is 9.77. The van der Waals surface area contributed by atoms with Crippen LogP contribution in [0.4, 0.5) is 24.5 Å². The molecule has 10 nitrogen and oxygen atoms in total. The number of aromatic nitrogens is 2. The van der Waals surface area contributed by atoms with Gasteiger partial charge in [-0.2, -0.15) is 13.2 Å². The van der Waals surface area contributed by atoms with Crippen molar-refractivity contribution in [1.82, 2.24) is 14.9 Å². The maximum Gasteiger partial charge on any atom is 0.416 e. The van der Waals surface area contributed by atoms with Crippen molar-refractivity contribution >= 4 is 23.3 Å². The van der Waals surface area contributed by atoms with Crippen LogP contribution in [-0.4, -0.2) is 91.9 Å². The predicted molar refractivity (Wildman–Crippen MR) is 172 cm³/mol. The largest absolute Gasteiger partial charge is 0.497 e. The number of carboxylic acids is 1. The van der Waals surface area contributed by atoms with Gasteiger partial charge in [0.2, 0.25) is 5.91 Å². The first-order chi connectivity index (χ1) is 23.1. The van der Waals surface area contributed by atoms with E-state index in [2.05, 4.69) is 14.9 Å². The average Bonchev–Trinajstić information content (AvgIpc) is 3.73. The number of likely N-dealkylation sites (tertiary alicyclic amines) is 1. The molecule has 0 saturated carbocycles. The minimum absolute atomic E-state index is 0.0190. The fraction of sp³-hybridized carbons (Fsp3) is 0.486. The third-order valence-electron chi connectivity index (χ3n) is 10.2. The van der Waals surface area contributed by atoms with Gasteiger partial charge in [0.1, 0.15) is 12.1 Å². The zero-order valence-electron chi connectivity index (χ0n) is 27.0. The zero-order valence-corrected chi connectivity index (χ0v) is 27.0. The Morgan fingerprint density at radius 2 is 1.62 bits per heavy atom. The van der Waals surface area contributed by atoms with E-state index in [0.29, 0.717) is 64.4 Å². The molecule has 0 bridgehead atoms. The van der Waals surface area contributed by atoms with E-state index >= 15 is 0 Å². The molecule has 3 aliphatic rings. The summed E-state index contributed by atoms with van der Waals surface area (Å²) >= 11 is 0. The number of ether oxygens (including phenoxy) is 2. The van der Waals surface area contributed by atoms with Gasteiger partial charge in [-0.3, -0.25) is 9.59 Å². The lowest BCUT2D eigenvalue weighted by Gasteiger charge is -2.35. The van der Waals surface area contributed by atoms with E-state index in [-0.39, 0.29) is 29.6 Å². The molecule has 2 aromatic carbocycles. The Balaban J connectivity index is 1.30. The average molecular weight is 668 g/mol. The fourth-order valence-electron chi connectivity index (χ4n) is 7.60. The van der Waals surface area contributed by atoms with Gasteiger partial charge in [0.25, 0.3) is 0 Å². The highest BCUT2D eigenvalue weighted by Crippen LogP contribution is 2.44. The van der Waals surface area contributed by atoms with Gasteiger partial charge in [0, 0.05) is 69.8 Å². The van der Waals surface area contributed by atoms with Crippen molar-refractivity contribution in [3.8, 4) is 5.75 Å². The number of hydrogen-bond donors (Lipinski definition) is 1. The summed E-state index contributed by atoms with van der Waals surface area (Å²) in [5.74, 6) is -1.64. The Bertz CT molecular complexity index is 1580. The van der Waals surface area contributed by atoms with Crippen LogP contribution in [0.2, 0.25) is 0 Å². The van der Waals surface area contributed by atoms with Crippen LogP contribution in [0, 0.1) is 17.8 Å². The number of methoxy groups -OCH3 is 2. The zero-order chi connectivity index (χ0) is 34.0. The summed E-state index contributed by atoms with van der Waals surface area (Å²) in [5.41, 5.74) is 2.24. The lowest BCUT2D eigenvalue weighted by Crippen LogP contribution is -2.38. The lowest BCUT2D eigenvalue weighted by atomic mass is 9.86. The number of piperidine rings is 1. The number of carbonyl (C=O) groups excluding carboxylic acids is 1. The molecule has 1 amide bonds. The highest BCUT2D eigenvalue weighted by Gasteiger charge is 2.45. The molecule has 256 valence electrons. The van der Waals surface area contributed by atoms with Crippen LogP contribution in [0.1, 0.15) is 41.4 Å². The monoisotopic (exact) mass is 667 g/mol. The number of carbonyl (C=O) groups is 2. The van der Waals surface area contributed by atoms with Gasteiger partial charge in [-0.15, -0.1) is 0 Å². The van der Waals surface area contributed by atoms with E-state index in [1.54, 1.807) is 26.6 Å². The number of halogens is 3. The Hall–Kier alpha value is -4.39. The topological polar surface area (TPSA) is 108 Å². The van der Waals surface area contributed by atoms with Crippen LogP contribution in [0.3, 0.4) is 0 Å². The number of rotatable bonds is 9. The number of alkyl halides is 3. The molecule has 3 aliphatic heterocycles. The molecule has 0 aliphatic carbocycles. The van der Waals surface area contributed by atoms with Crippen LogP contribution < -0.4 is 14.5 Å². The molecular weight excluding hydrogens is 627 g/mol. The van der Waals surface area contributed by atoms with Crippen molar-refractivity contribution in [2.45, 2.75) is 30.9 Å². The molecule has 0 radical (unpaired) electrons. The van der Waals surface area contributed by atoms with E-state index in [1.165, 1.54) is 18.5 Å². The summed E-state index contributed by atoms with van der Waals surface area (Å²) < 4.78 is 52.8. The Labute approximate surface area is 277 Å². The molecule has 3 saturated heterocycles. The van der Waals surface area contributed by atoms with Crippen LogP contribution >= 0.6 is 0 Å². The summed E-state index contributed by atoms with van der Waals surface area (Å²) in [6.45, 7) is 2.78. The number of benzene rings is 2. The first kappa shape index (κ1) is 33.5. The molecule has 0 spiro atoms. The van der Waals surface area contributed by atoms with E-state index in [0.717, 1.165) is 28.6 Å². The summed E-state index contributed by atoms with van der Waals surface area (Å²) in [5, 5.41) is 9.50. The minimum atomic E-state index is -4.54. The summed E-state index contributed by atoms with van der Waals surface area (Å²) in [4.78, 5) is 40.3. The molecule has 6 rings (SSSR count). The third-order valence-corrected chi connectivity index (χ3v) is 10.2. The van der Waals surface area contributed by atoms with Gasteiger partial charge in [-0.25, -0.2) is 9.97 Å². The second-order valence-electron chi connectivity index (χ2n) is 12.9. The van der Waals surface area contributed by atoms with E-state index < -0.39 is 23.6 Å². The van der Waals surface area contributed by atoms with Gasteiger partial charge in [0.05, 0.1) is 49.2 Å². The Morgan fingerprint density at radius 1 is 0.917 bits per heavy atom.